The summed E-state index contributed by atoms with van der Waals surface area (Å²) < 4.78 is 5.59. The van der Waals surface area contributed by atoms with Crippen molar-refractivity contribution in [3.63, 3.8) is 0 Å². The van der Waals surface area contributed by atoms with E-state index in [0.29, 0.717) is 41.8 Å². The Hall–Kier alpha value is -1.01. The standard InChI is InChI=1S/C17H24Cl2N2O3/c1-12-10-20(11-13(2)21(12)6-7-22)17(23)5-8-24-16-4-3-14(18)9-15(16)19/h3-4,9,12-13,22H,5-8,10-11H2,1-2H3/t12-,13+. The molecule has 1 saturated heterocycles. The lowest BCUT2D eigenvalue weighted by molar-refractivity contribution is -0.136. The Bertz CT molecular complexity index is 559. The SMILES string of the molecule is C[C@@H]1CN(C(=O)CCOc2ccc(Cl)cc2Cl)C[C@H](C)N1CCO. The molecule has 0 aromatic heterocycles. The van der Waals surface area contributed by atoms with E-state index in [1.165, 1.54) is 0 Å². The normalized spacial score (nSPS) is 21.8. The van der Waals surface area contributed by atoms with Crippen LogP contribution in [-0.4, -0.2) is 65.7 Å². The Kier molecular flexibility index (Phi) is 7.16. The molecule has 134 valence electrons. The zero-order chi connectivity index (χ0) is 17.7. The predicted molar refractivity (Wildman–Crippen MR) is 95.9 cm³/mol. The zero-order valence-electron chi connectivity index (χ0n) is 14.0. The van der Waals surface area contributed by atoms with Gasteiger partial charge in [-0.05, 0) is 32.0 Å². The molecular formula is C17H24Cl2N2O3. The highest BCUT2D eigenvalue weighted by molar-refractivity contribution is 6.35. The summed E-state index contributed by atoms with van der Waals surface area (Å²) in [5, 5.41) is 10.1. The maximum absolute atomic E-state index is 12.4. The van der Waals surface area contributed by atoms with E-state index < -0.39 is 0 Å². The topological polar surface area (TPSA) is 53.0 Å². The number of hydrogen-bond acceptors (Lipinski definition) is 4. The molecule has 1 heterocycles. The molecule has 5 nitrogen and oxygen atoms in total. The van der Waals surface area contributed by atoms with E-state index in [4.69, 9.17) is 33.0 Å². The minimum atomic E-state index is 0.0717. The highest BCUT2D eigenvalue weighted by Gasteiger charge is 2.31. The van der Waals surface area contributed by atoms with Crippen LogP contribution in [0, 0.1) is 0 Å². The molecule has 1 aliphatic rings. The van der Waals surface area contributed by atoms with Gasteiger partial charge in [0.25, 0.3) is 0 Å². The predicted octanol–water partition coefficient (Wildman–Crippen LogP) is 2.68. The van der Waals surface area contributed by atoms with Crippen LogP contribution < -0.4 is 4.74 Å². The van der Waals surface area contributed by atoms with Crippen LogP contribution in [0.3, 0.4) is 0 Å². The van der Waals surface area contributed by atoms with Gasteiger partial charge in [0.15, 0.2) is 0 Å². The van der Waals surface area contributed by atoms with Crippen LogP contribution in [0.2, 0.25) is 10.0 Å². The summed E-state index contributed by atoms with van der Waals surface area (Å²) in [6.07, 6.45) is 0.304. The fraction of sp³-hybridized carbons (Fsp3) is 0.588. The van der Waals surface area contributed by atoms with E-state index in [-0.39, 0.29) is 31.2 Å². The van der Waals surface area contributed by atoms with Crippen molar-refractivity contribution in [3.05, 3.63) is 28.2 Å². The number of halogens is 2. The van der Waals surface area contributed by atoms with E-state index in [0.717, 1.165) is 0 Å². The summed E-state index contributed by atoms with van der Waals surface area (Å²) in [4.78, 5) is 16.5. The summed E-state index contributed by atoms with van der Waals surface area (Å²) in [5.41, 5.74) is 0. The first kappa shape index (κ1) is 19.3. The van der Waals surface area contributed by atoms with Crippen molar-refractivity contribution < 1.29 is 14.6 Å². The van der Waals surface area contributed by atoms with Crippen molar-refractivity contribution >= 4 is 29.1 Å². The van der Waals surface area contributed by atoms with Gasteiger partial charge < -0.3 is 14.7 Å². The number of nitrogens with zero attached hydrogens (tertiary/aromatic N) is 2. The number of aliphatic hydroxyl groups is 1. The van der Waals surface area contributed by atoms with Crippen molar-refractivity contribution in [3.8, 4) is 5.75 Å². The summed E-state index contributed by atoms with van der Waals surface area (Å²) in [7, 11) is 0. The van der Waals surface area contributed by atoms with Gasteiger partial charge in [0.1, 0.15) is 5.75 Å². The number of aliphatic hydroxyl groups excluding tert-OH is 1. The lowest BCUT2D eigenvalue weighted by Gasteiger charge is -2.44. The molecule has 0 aliphatic carbocycles. The first-order valence-corrected chi connectivity index (χ1v) is 8.90. The fourth-order valence-corrected chi connectivity index (χ4v) is 3.58. The van der Waals surface area contributed by atoms with Crippen LogP contribution in [-0.2, 0) is 4.79 Å². The molecule has 1 N–H and O–H groups in total. The molecule has 1 aliphatic heterocycles. The zero-order valence-corrected chi connectivity index (χ0v) is 15.6. The average molecular weight is 375 g/mol. The van der Waals surface area contributed by atoms with Crippen LogP contribution in [0.1, 0.15) is 20.3 Å². The number of carbonyl (C=O) groups is 1. The number of β-amino-alcohol motifs (C(OH)–C–C–N with tert-alkyl or cyclic N) is 1. The van der Waals surface area contributed by atoms with Crippen LogP contribution in [0.4, 0.5) is 0 Å². The fourth-order valence-electron chi connectivity index (χ4n) is 3.12. The molecule has 0 radical (unpaired) electrons. The summed E-state index contributed by atoms with van der Waals surface area (Å²) in [6, 6.07) is 5.48. The summed E-state index contributed by atoms with van der Waals surface area (Å²) >= 11 is 11.9. The van der Waals surface area contributed by atoms with Crippen molar-refractivity contribution in [2.45, 2.75) is 32.4 Å². The maximum Gasteiger partial charge on any atom is 0.226 e. The Labute approximate surface area is 153 Å². The van der Waals surface area contributed by atoms with Gasteiger partial charge in [-0.1, -0.05) is 23.2 Å². The van der Waals surface area contributed by atoms with E-state index in [1.807, 2.05) is 4.90 Å². The smallest absolute Gasteiger partial charge is 0.226 e. The second kappa shape index (κ2) is 8.90. The van der Waals surface area contributed by atoms with Gasteiger partial charge in [-0.25, -0.2) is 0 Å². The molecule has 0 bridgehead atoms. The van der Waals surface area contributed by atoms with Crippen molar-refractivity contribution in [2.24, 2.45) is 0 Å². The van der Waals surface area contributed by atoms with Crippen LogP contribution >= 0.6 is 23.2 Å². The van der Waals surface area contributed by atoms with Crippen molar-refractivity contribution in [1.29, 1.82) is 0 Å². The van der Waals surface area contributed by atoms with Crippen molar-refractivity contribution in [2.75, 3.05) is 32.8 Å². The third kappa shape index (κ3) is 4.99. The van der Waals surface area contributed by atoms with Gasteiger partial charge >= 0.3 is 0 Å². The Balaban J connectivity index is 1.82. The molecule has 1 amide bonds. The third-order valence-corrected chi connectivity index (χ3v) is 4.81. The van der Waals surface area contributed by atoms with Gasteiger partial charge in [-0.15, -0.1) is 0 Å². The number of amides is 1. The minimum absolute atomic E-state index is 0.0717. The Morgan fingerprint density at radius 2 is 1.96 bits per heavy atom. The van der Waals surface area contributed by atoms with Gasteiger partial charge in [-0.2, -0.15) is 0 Å². The van der Waals surface area contributed by atoms with Crippen molar-refractivity contribution in [1.82, 2.24) is 9.80 Å². The highest BCUT2D eigenvalue weighted by Crippen LogP contribution is 2.27. The molecule has 0 saturated carbocycles. The first-order valence-electron chi connectivity index (χ1n) is 8.14. The van der Waals surface area contributed by atoms with Gasteiger partial charge in [0.05, 0.1) is 24.7 Å². The van der Waals surface area contributed by atoms with E-state index in [9.17, 15) is 4.79 Å². The Morgan fingerprint density at radius 3 is 2.54 bits per heavy atom. The third-order valence-electron chi connectivity index (χ3n) is 4.28. The van der Waals surface area contributed by atoms with Gasteiger partial charge in [0.2, 0.25) is 5.91 Å². The molecule has 24 heavy (non-hydrogen) atoms. The number of piperazine rings is 1. The largest absolute Gasteiger partial charge is 0.491 e. The van der Waals surface area contributed by atoms with Gasteiger partial charge in [0, 0.05) is 36.7 Å². The minimum Gasteiger partial charge on any atom is -0.491 e. The molecule has 7 heteroatoms. The second-order valence-electron chi connectivity index (χ2n) is 6.13. The molecule has 0 spiro atoms. The van der Waals surface area contributed by atoms with E-state index in [1.54, 1.807) is 18.2 Å². The highest BCUT2D eigenvalue weighted by atomic mass is 35.5. The lowest BCUT2D eigenvalue weighted by Crippen LogP contribution is -2.58. The number of benzene rings is 1. The quantitative estimate of drug-likeness (QED) is 0.831. The van der Waals surface area contributed by atoms with E-state index in [2.05, 4.69) is 18.7 Å². The molecule has 0 unspecified atom stereocenters. The number of rotatable bonds is 6. The number of ether oxygens (including phenoxy) is 1. The summed E-state index contributed by atoms with van der Waals surface area (Å²) in [6.45, 7) is 6.56. The summed E-state index contributed by atoms with van der Waals surface area (Å²) in [5.74, 6) is 0.603. The maximum atomic E-state index is 12.4. The molecule has 2 rings (SSSR count). The number of hydrogen-bond donors (Lipinski definition) is 1. The first-order chi connectivity index (χ1) is 11.4. The molecular weight excluding hydrogens is 351 g/mol. The molecule has 1 aromatic rings. The second-order valence-corrected chi connectivity index (χ2v) is 6.98. The molecule has 2 atom stereocenters. The monoisotopic (exact) mass is 374 g/mol. The molecule has 1 fully saturated rings. The van der Waals surface area contributed by atoms with Gasteiger partial charge in [-0.3, -0.25) is 9.69 Å². The van der Waals surface area contributed by atoms with Crippen LogP contribution in [0.15, 0.2) is 18.2 Å². The lowest BCUT2D eigenvalue weighted by atomic mass is 10.1. The average Bonchev–Trinajstić information content (AvgIpc) is 2.52. The Morgan fingerprint density at radius 1 is 1.29 bits per heavy atom. The number of carbonyl (C=O) groups excluding carboxylic acids is 1. The molecule has 1 aromatic carbocycles. The van der Waals surface area contributed by atoms with Crippen LogP contribution in [0.5, 0.6) is 5.75 Å². The van der Waals surface area contributed by atoms with E-state index >= 15 is 0 Å². The van der Waals surface area contributed by atoms with Crippen LogP contribution in [0.25, 0.3) is 0 Å².